The molecule has 0 spiro atoms. The second kappa shape index (κ2) is 10.3. The minimum atomic E-state index is -3.66. The Balaban J connectivity index is 1.55. The molecule has 2 saturated heterocycles. The lowest BCUT2D eigenvalue weighted by molar-refractivity contribution is 0.0374. The summed E-state index contributed by atoms with van der Waals surface area (Å²) < 4.78 is 34.6. The summed E-state index contributed by atoms with van der Waals surface area (Å²) >= 11 is 0. The summed E-state index contributed by atoms with van der Waals surface area (Å²) in [7, 11) is -3.66. The number of morpholine rings is 1. The standard InChI is InChI=1S/C23H32N4O5S/c1-2-26-17-20(23(29)24-8-5-9-25-12-14-32-15-13-25)22(28)19-16-18(6-7-21(19)26)33(30,31)27-10-3-4-11-27/h6-7,16-17H,2-5,8-15H2,1H3,(H,24,29). The van der Waals surface area contributed by atoms with E-state index in [1.807, 2.05) is 11.5 Å². The quantitative estimate of drug-likeness (QED) is 0.576. The van der Waals surface area contributed by atoms with Crippen molar-refractivity contribution in [1.82, 2.24) is 19.1 Å². The van der Waals surface area contributed by atoms with Gasteiger partial charge in [-0.05, 0) is 50.9 Å². The number of aryl methyl sites for hydroxylation is 1. The number of aromatic nitrogens is 1. The maximum Gasteiger partial charge on any atom is 0.256 e. The molecule has 0 bridgehead atoms. The van der Waals surface area contributed by atoms with Crippen molar-refractivity contribution >= 4 is 26.8 Å². The largest absolute Gasteiger partial charge is 0.379 e. The van der Waals surface area contributed by atoms with Crippen molar-refractivity contribution < 1.29 is 17.9 Å². The summed E-state index contributed by atoms with van der Waals surface area (Å²) in [6.45, 7) is 8.02. The molecule has 0 saturated carbocycles. The van der Waals surface area contributed by atoms with Crippen LogP contribution < -0.4 is 10.7 Å². The van der Waals surface area contributed by atoms with E-state index in [4.69, 9.17) is 4.74 Å². The van der Waals surface area contributed by atoms with Gasteiger partial charge in [0.25, 0.3) is 5.91 Å². The fourth-order valence-electron chi connectivity index (χ4n) is 4.46. The second-order valence-corrected chi connectivity index (χ2v) is 10.4. The van der Waals surface area contributed by atoms with Crippen LogP contribution in [0.3, 0.4) is 0 Å². The highest BCUT2D eigenvalue weighted by Gasteiger charge is 2.28. The highest BCUT2D eigenvalue weighted by Crippen LogP contribution is 2.24. The number of rotatable bonds is 8. The molecule has 0 aliphatic carbocycles. The van der Waals surface area contributed by atoms with Crippen LogP contribution in [0.25, 0.3) is 10.9 Å². The number of carbonyl (C=O) groups is 1. The van der Waals surface area contributed by atoms with Crippen LogP contribution in [0.15, 0.2) is 34.1 Å². The van der Waals surface area contributed by atoms with Gasteiger partial charge in [0, 0.05) is 50.9 Å². The molecule has 2 fully saturated rings. The molecule has 1 aromatic heterocycles. The molecule has 10 heteroatoms. The van der Waals surface area contributed by atoms with Crippen molar-refractivity contribution in [3.05, 3.63) is 40.2 Å². The Labute approximate surface area is 194 Å². The molecule has 33 heavy (non-hydrogen) atoms. The number of ether oxygens (including phenoxy) is 1. The number of carbonyl (C=O) groups excluding carboxylic acids is 1. The summed E-state index contributed by atoms with van der Waals surface area (Å²) in [5.74, 6) is -0.432. The summed E-state index contributed by atoms with van der Waals surface area (Å²) in [4.78, 5) is 28.4. The van der Waals surface area contributed by atoms with Crippen LogP contribution in [0.1, 0.15) is 36.5 Å². The zero-order valence-electron chi connectivity index (χ0n) is 19.1. The minimum absolute atomic E-state index is 0.0337. The third kappa shape index (κ3) is 5.13. The van der Waals surface area contributed by atoms with E-state index in [-0.39, 0.29) is 15.8 Å². The summed E-state index contributed by atoms with van der Waals surface area (Å²) in [6.07, 6.45) is 4.02. The van der Waals surface area contributed by atoms with Crippen LogP contribution in [0.5, 0.6) is 0 Å². The molecule has 0 atom stereocenters. The second-order valence-electron chi connectivity index (χ2n) is 8.51. The van der Waals surface area contributed by atoms with Crippen LogP contribution >= 0.6 is 0 Å². The van der Waals surface area contributed by atoms with Gasteiger partial charge in [0.05, 0.1) is 23.6 Å². The Kier molecular flexibility index (Phi) is 7.48. The van der Waals surface area contributed by atoms with Gasteiger partial charge in [0.15, 0.2) is 0 Å². The molecule has 1 aromatic carbocycles. The predicted molar refractivity (Wildman–Crippen MR) is 126 cm³/mol. The van der Waals surface area contributed by atoms with Crippen LogP contribution in [0, 0.1) is 0 Å². The fourth-order valence-corrected chi connectivity index (χ4v) is 6.01. The lowest BCUT2D eigenvalue weighted by Gasteiger charge is -2.26. The van der Waals surface area contributed by atoms with Crippen LogP contribution in [-0.2, 0) is 21.3 Å². The fraction of sp³-hybridized carbons (Fsp3) is 0.565. The highest BCUT2D eigenvalue weighted by molar-refractivity contribution is 7.89. The van der Waals surface area contributed by atoms with Crippen molar-refractivity contribution in [2.75, 3.05) is 52.5 Å². The lowest BCUT2D eigenvalue weighted by Crippen LogP contribution is -2.38. The van der Waals surface area contributed by atoms with E-state index >= 15 is 0 Å². The first-order valence-electron chi connectivity index (χ1n) is 11.7. The Morgan fingerprint density at radius 3 is 2.55 bits per heavy atom. The molecule has 2 aliphatic heterocycles. The number of hydrogen-bond acceptors (Lipinski definition) is 6. The van der Waals surface area contributed by atoms with Gasteiger partial charge < -0.3 is 14.6 Å². The monoisotopic (exact) mass is 476 g/mol. The Morgan fingerprint density at radius 1 is 1.12 bits per heavy atom. The zero-order chi connectivity index (χ0) is 23.4. The summed E-state index contributed by atoms with van der Waals surface area (Å²) in [5, 5.41) is 3.10. The summed E-state index contributed by atoms with van der Waals surface area (Å²) in [5.41, 5.74) is 0.206. The third-order valence-electron chi connectivity index (χ3n) is 6.38. The average molecular weight is 477 g/mol. The third-order valence-corrected chi connectivity index (χ3v) is 8.27. The zero-order valence-corrected chi connectivity index (χ0v) is 19.9. The number of fused-ring (bicyclic) bond motifs is 1. The summed E-state index contributed by atoms with van der Waals surface area (Å²) in [6, 6.07) is 4.63. The highest BCUT2D eigenvalue weighted by atomic mass is 32.2. The molecule has 180 valence electrons. The van der Waals surface area contributed by atoms with E-state index in [1.165, 1.54) is 10.4 Å². The maximum atomic E-state index is 13.2. The topological polar surface area (TPSA) is 101 Å². The van der Waals surface area contributed by atoms with Gasteiger partial charge in [0.2, 0.25) is 15.5 Å². The van der Waals surface area contributed by atoms with Crippen molar-refractivity contribution in [3.8, 4) is 0 Å². The van der Waals surface area contributed by atoms with E-state index in [2.05, 4.69) is 10.2 Å². The molecule has 4 rings (SSSR count). The normalized spacial score (nSPS) is 18.1. The lowest BCUT2D eigenvalue weighted by atomic mass is 10.1. The number of nitrogens with zero attached hydrogens (tertiary/aromatic N) is 3. The Morgan fingerprint density at radius 2 is 1.85 bits per heavy atom. The van der Waals surface area contributed by atoms with Crippen LogP contribution in [-0.4, -0.2) is 80.6 Å². The number of pyridine rings is 1. The van der Waals surface area contributed by atoms with Crippen molar-refractivity contribution in [2.45, 2.75) is 37.6 Å². The van der Waals surface area contributed by atoms with E-state index in [0.29, 0.717) is 31.7 Å². The smallest absolute Gasteiger partial charge is 0.256 e. The molecular weight excluding hydrogens is 444 g/mol. The molecule has 2 aliphatic rings. The van der Waals surface area contributed by atoms with E-state index < -0.39 is 21.4 Å². The molecular formula is C23H32N4O5S. The Bertz CT molecular complexity index is 1170. The molecule has 1 amide bonds. The number of nitrogens with one attached hydrogen (secondary N) is 1. The first kappa shape index (κ1) is 23.9. The first-order chi connectivity index (χ1) is 15.9. The Hall–Kier alpha value is -2.27. The van der Waals surface area contributed by atoms with Gasteiger partial charge in [-0.1, -0.05) is 0 Å². The van der Waals surface area contributed by atoms with Gasteiger partial charge in [-0.15, -0.1) is 0 Å². The molecule has 0 radical (unpaired) electrons. The van der Waals surface area contributed by atoms with E-state index in [0.717, 1.165) is 52.1 Å². The maximum absolute atomic E-state index is 13.2. The van der Waals surface area contributed by atoms with Crippen LogP contribution in [0.4, 0.5) is 0 Å². The first-order valence-corrected chi connectivity index (χ1v) is 13.1. The molecule has 3 heterocycles. The van der Waals surface area contributed by atoms with Crippen molar-refractivity contribution in [3.63, 3.8) is 0 Å². The van der Waals surface area contributed by atoms with E-state index in [1.54, 1.807) is 18.3 Å². The molecule has 1 N–H and O–H groups in total. The number of hydrogen-bond donors (Lipinski definition) is 1. The van der Waals surface area contributed by atoms with Crippen LogP contribution in [0.2, 0.25) is 0 Å². The predicted octanol–water partition coefficient (Wildman–Crippen LogP) is 1.26. The van der Waals surface area contributed by atoms with Gasteiger partial charge in [0.1, 0.15) is 5.56 Å². The molecule has 0 unspecified atom stereocenters. The molecule has 2 aromatic rings. The SMILES string of the molecule is CCn1cc(C(=O)NCCCN2CCOCC2)c(=O)c2cc(S(=O)(=O)N3CCCC3)ccc21. The van der Waals surface area contributed by atoms with Gasteiger partial charge in [-0.3, -0.25) is 14.5 Å². The van der Waals surface area contributed by atoms with Crippen molar-refractivity contribution in [1.29, 1.82) is 0 Å². The van der Waals surface area contributed by atoms with Gasteiger partial charge in [-0.25, -0.2) is 8.42 Å². The number of benzene rings is 1. The minimum Gasteiger partial charge on any atom is -0.379 e. The average Bonchev–Trinajstić information content (AvgIpc) is 3.38. The van der Waals surface area contributed by atoms with Gasteiger partial charge >= 0.3 is 0 Å². The van der Waals surface area contributed by atoms with Gasteiger partial charge in [-0.2, -0.15) is 4.31 Å². The number of sulfonamides is 1. The molecule has 9 nitrogen and oxygen atoms in total. The van der Waals surface area contributed by atoms with E-state index in [9.17, 15) is 18.0 Å². The van der Waals surface area contributed by atoms with Crippen molar-refractivity contribution in [2.24, 2.45) is 0 Å². The number of amides is 1.